The molecule has 1 N–H and O–H groups in total. The Morgan fingerprint density at radius 1 is 1.33 bits per heavy atom. The average molecular weight is 304 g/mol. The van der Waals surface area contributed by atoms with Crippen LogP contribution in [0.4, 0.5) is 0 Å². The lowest BCUT2D eigenvalue weighted by Crippen LogP contribution is -1.94. The maximum absolute atomic E-state index is 5.43. The standard InChI is InChI=1S/C10H8BrClN2S/c11-8-3-1-7(2-4-8)10-13-5-9(15-10)6-14-12/h1-5,14H,6H2. The van der Waals surface area contributed by atoms with Gasteiger partial charge in [-0.3, -0.25) is 0 Å². The first-order chi connectivity index (χ1) is 7.29. The molecule has 0 aliphatic carbocycles. The molecule has 15 heavy (non-hydrogen) atoms. The van der Waals surface area contributed by atoms with Crippen LogP contribution >= 0.6 is 39.0 Å². The second-order valence-electron chi connectivity index (χ2n) is 2.95. The fourth-order valence-corrected chi connectivity index (χ4v) is 2.53. The Balaban J connectivity index is 2.25. The highest BCUT2D eigenvalue weighted by atomic mass is 79.9. The van der Waals surface area contributed by atoms with Crippen LogP contribution in [0.25, 0.3) is 10.6 Å². The van der Waals surface area contributed by atoms with Gasteiger partial charge in [-0.15, -0.1) is 11.3 Å². The van der Waals surface area contributed by atoms with E-state index in [1.54, 1.807) is 11.3 Å². The van der Waals surface area contributed by atoms with Gasteiger partial charge in [-0.1, -0.05) is 28.1 Å². The first-order valence-corrected chi connectivity index (χ1v) is 6.32. The molecule has 1 aromatic carbocycles. The summed E-state index contributed by atoms with van der Waals surface area (Å²) in [4.78, 5) is 8.06. The van der Waals surface area contributed by atoms with Crippen LogP contribution in [0.3, 0.4) is 0 Å². The molecule has 0 radical (unpaired) electrons. The molecule has 0 aliphatic heterocycles. The van der Waals surface area contributed by atoms with E-state index in [1.165, 1.54) is 0 Å². The highest BCUT2D eigenvalue weighted by molar-refractivity contribution is 9.10. The summed E-state index contributed by atoms with van der Waals surface area (Å²) in [6, 6.07) is 8.11. The molecule has 2 nitrogen and oxygen atoms in total. The summed E-state index contributed by atoms with van der Waals surface area (Å²) < 4.78 is 1.07. The fraction of sp³-hybridized carbons (Fsp3) is 0.100. The lowest BCUT2D eigenvalue weighted by molar-refractivity contribution is 0.983. The van der Waals surface area contributed by atoms with Gasteiger partial charge in [0.2, 0.25) is 0 Å². The van der Waals surface area contributed by atoms with E-state index in [-0.39, 0.29) is 0 Å². The largest absolute Gasteiger partial charge is 0.244 e. The Hall–Kier alpha value is -0.420. The van der Waals surface area contributed by atoms with Crippen LogP contribution in [0.1, 0.15) is 4.88 Å². The zero-order valence-corrected chi connectivity index (χ0v) is 10.9. The van der Waals surface area contributed by atoms with Crippen LogP contribution in [0, 0.1) is 0 Å². The number of aromatic nitrogens is 1. The first kappa shape index (κ1) is 11.1. The second kappa shape index (κ2) is 5.07. The van der Waals surface area contributed by atoms with E-state index in [0.29, 0.717) is 6.54 Å². The molecule has 0 unspecified atom stereocenters. The molecule has 0 atom stereocenters. The molecule has 0 fully saturated rings. The van der Waals surface area contributed by atoms with E-state index in [2.05, 4.69) is 25.7 Å². The molecule has 5 heteroatoms. The molecule has 2 rings (SSSR count). The lowest BCUT2D eigenvalue weighted by Gasteiger charge is -1.95. The number of thiazole rings is 1. The quantitative estimate of drug-likeness (QED) is 0.872. The minimum absolute atomic E-state index is 0.649. The first-order valence-electron chi connectivity index (χ1n) is 4.34. The van der Waals surface area contributed by atoms with Crippen molar-refractivity contribution < 1.29 is 0 Å². The van der Waals surface area contributed by atoms with Gasteiger partial charge >= 0.3 is 0 Å². The zero-order valence-electron chi connectivity index (χ0n) is 7.71. The van der Waals surface area contributed by atoms with E-state index in [4.69, 9.17) is 11.8 Å². The Morgan fingerprint density at radius 2 is 2.07 bits per heavy atom. The van der Waals surface area contributed by atoms with Crippen molar-refractivity contribution in [3.8, 4) is 10.6 Å². The smallest absolute Gasteiger partial charge is 0.123 e. The SMILES string of the molecule is ClNCc1cnc(-c2ccc(Br)cc2)s1. The van der Waals surface area contributed by atoms with Crippen molar-refractivity contribution in [2.24, 2.45) is 0 Å². The fourth-order valence-electron chi connectivity index (χ4n) is 1.18. The summed E-state index contributed by atoms with van der Waals surface area (Å²) in [6.45, 7) is 0.649. The van der Waals surface area contributed by atoms with Gasteiger partial charge in [-0.25, -0.2) is 9.82 Å². The third kappa shape index (κ3) is 2.78. The molecule has 0 saturated carbocycles. The van der Waals surface area contributed by atoms with E-state index < -0.39 is 0 Å². The van der Waals surface area contributed by atoms with Crippen molar-refractivity contribution >= 4 is 39.0 Å². The molecular weight excluding hydrogens is 296 g/mol. The molecule has 0 saturated heterocycles. The number of hydrogen-bond acceptors (Lipinski definition) is 3. The number of hydrogen-bond donors (Lipinski definition) is 1. The predicted octanol–water partition coefficient (Wildman–Crippen LogP) is 3.82. The van der Waals surface area contributed by atoms with Crippen LogP contribution < -0.4 is 4.84 Å². The highest BCUT2D eigenvalue weighted by Gasteiger charge is 2.03. The lowest BCUT2D eigenvalue weighted by atomic mass is 10.2. The van der Waals surface area contributed by atoms with Gasteiger partial charge in [0.1, 0.15) is 5.01 Å². The van der Waals surface area contributed by atoms with E-state index in [1.807, 2.05) is 30.5 Å². The Kier molecular flexibility index (Phi) is 3.75. The Bertz CT molecular complexity index is 441. The van der Waals surface area contributed by atoms with Crippen LogP contribution in [-0.4, -0.2) is 4.98 Å². The van der Waals surface area contributed by atoms with Gasteiger partial charge in [0.25, 0.3) is 0 Å². The van der Waals surface area contributed by atoms with E-state index >= 15 is 0 Å². The highest BCUT2D eigenvalue weighted by Crippen LogP contribution is 2.26. The molecule has 0 bridgehead atoms. The molecule has 0 spiro atoms. The number of nitrogens with one attached hydrogen (secondary N) is 1. The van der Waals surface area contributed by atoms with Crippen LogP contribution in [0.15, 0.2) is 34.9 Å². The number of rotatable bonds is 3. The maximum Gasteiger partial charge on any atom is 0.123 e. The Morgan fingerprint density at radius 3 is 2.73 bits per heavy atom. The Labute approximate surface area is 106 Å². The number of benzene rings is 1. The summed E-state index contributed by atoms with van der Waals surface area (Å²) in [6.07, 6.45) is 1.84. The van der Waals surface area contributed by atoms with Crippen LogP contribution in [0.5, 0.6) is 0 Å². The summed E-state index contributed by atoms with van der Waals surface area (Å²) >= 11 is 10.5. The average Bonchev–Trinajstić information content (AvgIpc) is 2.68. The minimum Gasteiger partial charge on any atom is -0.244 e. The number of nitrogens with zero attached hydrogens (tertiary/aromatic N) is 1. The molecule has 0 aliphatic rings. The molecular formula is C10H8BrClN2S. The van der Waals surface area contributed by atoms with Gasteiger partial charge < -0.3 is 0 Å². The third-order valence-corrected chi connectivity index (χ3v) is 3.59. The zero-order chi connectivity index (χ0) is 10.7. The topological polar surface area (TPSA) is 24.9 Å². The van der Waals surface area contributed by atoms with Crippen molar-refractivity contribution in [1.29, 1.82) is 0 Å². The molecule has 1 heterocycles. The van der Waals surface area contributed by atoms with Crippen molar-refractivity contribution in [1.82, 2.24) is 9.82 Å². The molecule has 1 aromatic heterocycles. The molecule has 78 valence electrons. The van der Waals surface area contributed by atoms with Crippen LogP contribution in [-0.2, 0) is 6.54 Å². The van der Waals surface area contributed by atoms with E-state index in [0.717, 1.165) is 19.9 Å². The normalized spacial score (nSPS) is 10.5. The van der Waals surface area contributed by atoms with Crippen molar-refractivity contribution in [3.63, 3.8) is 0 Å². The summed E-state index contributed by atoms with van der Waals surface area (Å²) in [7, 11) is 0. The predicted molar refractivity (Wildman–Crippen MR) is 67.9 cm³/mol. The van der Waals surface area contributed by atoms with Gasteiger partial charge in [-0.05, 0) is 23.9 Å². The van der Waals surface area contributed by atoms with Gasteiger partial charge in [0.15, 0.2) is 0 Å². The molecule has 2 aromatic rings. The van der Waals surface area contributed by atoms with Crippen molar-refractivity contribution in [2.45, 2.75) is 6.54 Å². The molecule has 0 amide bonds. The van der Waals surface area contributed by atoms with Crippen molar-refractivity contribution in [2.75, 3.05) is 0 Å². The number of halogens is 2. The van der Waals surface area contributed by atoms with Gasteiger partial charge in [0, 0.05) is 27.7 Å². The van der Waals surface area contributed by atoms with Gasteiger partial charge in [0.05, 0.1) is 0 Å². The summed E-state index contributed by atoms with van der Waals surface area (Å²) in [5.74, 6) is 0. The van der Waals surface area contributed by atoms with Gasteiger partial charge in [-0.2, -0.15) is 0 Å². The minimum atomic E-state index is 0.649. The summed E-state index contributed by atoms with van der Waals surface area (Å²) in [5, 5.41) is 1.02. The second-order valence-corrected chi connectivity index (χ2v) is 5.25. The van der Waals surface area contributed by atoms with Crippen LogP contribution in [0.2, 0.25) is 0 Å². The maximum atomic E-state index is 5.43. The van der Waals surface area contributed by atoms with E-state index in [9.17, 15) is 0 Å². The monoisotopic (exact) mass is 302 g/mol. The van der Waals surface area contributed by atoms with Crippen molar-refractivity contribution in [3.05, 3.63) is 39.8 Å². The third-order valence-electron chi connectivity index (χ3n) is 1.89. The summed E-state index contributed by atoms with van der Waals surface area (Å²) in [5.41, 5.74) is 1.13.